The second kappa shape index (κ2) is 5.28. The molecule has 3 heterocycles. The van der Waals surface area contributed by atoms with Gasteiger partial charge in [-0.3, -0.25) is 5.43 Å². The molecule has 3 N–H and O–H groups in total. The number of nitrogens with one attached hydrogen (secondary N) is 1. The van der Waals surface area contributed by atoms with Crippen molar-refractivity contribution in [3.05, 3.63) is 10.9 Å². The molecule has 102 valence electrons. The Labute approximate surface area is 114 Å². The van der Waals surface area contributed by atoms with Crippen molar-refractivity contribution < 1.29 is 9.47 Å². The first-order valence-electron chi connectivity index (χ1n) is 6.25. The van der Waals surface area contributed by atoms with E-state index in [0.717, 1.165) is 29.7 Å². The number of aromatic nitrogens is 2. The van der Waals surface area contributed by atoms with Crippen LogP contribution in [0.5, 0.6) is 5.88 Å². The van der Waals surface area contributed by atoms with Gasteiger partial charge in [-0.2, -0.15) is 4.98 Å². The summed E-state index contributed by atoms with van der Waals surface area (Å²) in [5.41, 5.74) is 2.47. The van der Waals surface area contributed by atoms with E-state index in [4.69, 9.17) is 15.3 Å². The van der Waals surface area contributed by atoms with Crippen LogP contribution in [0.25, 0.3) is 10.2 Å². The molecule has 3 rings (SSSR count). The Bertz CT molecular complexity index is 580. The van der Waals surface area contributed by atoms with E-state index in [1.165, 1.54) is 4.88 Å². The molecule has 1 aliphatic heterocycles. The maximum atomic E-state index is 5.79. The highest BCUT2D eigenvalue weighted by Gasteiger charge is 2.18. The zero-order valence-corrected chi connectivity index (χ0v) is 11.5. The number of nitrogens with zero attached hydrogens (tertiary/aromatic N) is 2. The molecule has 6 nitrogen and oxygen atoms in total. The van der Waals surface area contributed by atoms with Crippen molar-refractivity contribution in [1.82, 2.24) is 9.97 Å². The lowest BCUT2D eigenvalue weighted by atomic mass is 10.2. The summed E-state index contributed by atoms with van der Waals surface area (Å²) in [6, 6.07) is 2.03. The number of hydrazine groups is 1. The quantitative estimate of drug-likeness (QED) is 0.657. The molecule has 1 aliphatic rings. The Kier molecular flexibility index (Phi) is 3.50. The molecule has 2 aromatic heterocycles. The number of hydrogen-bond acceptors (Lipinski definition) is 7. The Morgan fingerprint density at radius 2 is 2.47 bits per heavy atom. The number of thiophene rings is 1. The van der Waals surface area contributed by atoms with Crippen LogP contribution in [-0.4, -0.2) is 29.3 Å². The van der Waals surface area contributed by atoms with Crippen LogP contribution in [-0.2, 0) is 4.74 Å². The van der Waals surface area contributed by atoms with Gasteiger partial charge in [0.25, 0.3) is 0 Å². The number of hydrogen-bond donors (Lipinski definition) is 2. The van der Waals surface area contributed by atoms with E-state index >= 15 is 0 Å². The number of rotatable bonds is 4. The molecule has 0 bridgehead atoms. The molecule has 0 saturated carbocycles. The summed E-state index contributed by atoms with van der Waals surface area (Å²) in [4.78, 5) is 10.6. The first-order chi connectivity index (χ1) is 9.26. The SMILES string of the molecule is Cc1cc2c(OCC3CCCO3)nc(NN)nc2s1. The number of anilines is 1. The van der Waals surface area contributed by atoms with Crippen molar-refractivity contribution in [2.24, 2.45) is 5.84 Å². The lowest BCUT2D eigenvalue weighted by Crippen LogP contribution is -2.17. The third-order valence-corrected chi connectivity index (χ3v) is 3.98. The topological polar surface area (TPSA) is 82.3 Å². The van der Waals surface area contributed by atoms with Gasteiger partial charge in [0.1, 0.15) is 11.4 Å². The molecule has 0 spiro atoms. The molecule has 1 unspecified atom stereocenters. The van der Waals surface area contributed by atoms with E-state index in [9.17, 15) is 0 Å². The van der Waals surface area contributed by atoms with Crippen molar-refractivity contribution in [3.63, 3.8) is 0 Å². The van der Waals surface area contributed by atoms with Gasteiger partial charge in [0.05, 0.1) is 11.5 Å². The molecular formula is C12H16N4O2S. The summed E-state index contributed by atoms with van der Waals surface area (Å²) in [6.45, 7) is 3.37. The van der Waals surface area contributed by atoms with Gasteiger partial charge < -0.3 is 9.47 Å². The Morgan fingerprint density at radius 3 is 3.21 bits per heavy atom. The van der Waals surface area contributed by atoms with E-state index in [2.05, 4.69) is 15.4 Å². The van der Waals surface area contributed by atoms with Gasteiger partial charge in [-0.1, -0.05) is 0 Å². The molecule has 1 fully saturated rings. The van der Waals surface area contributed by atoms with E-state index in [-0.39, 0.29) is 6.10 Å². The monoisotopic (exact) mass is 280 g/mol. The number of nitrogens with two attached hydrogens (primary N) is 1. The van der Waals surface area contributed by atoms with E-state index in [0.29, 0.717) is 18.4 Å². The number of ether oxygens (including phenoxy) is 2. The van der Waals surface area contributed by atoms with Crippen molar-refractivity contribution in [3.8, 4) is 5.88 Å². The smallest absolute Gasteiger partial charge is 0.241 e. The van der Waals surface area contributed by atoms with Gasteiger partial charge in [0.15, 0.2) is 0 Å². The number of nitrogen functional groups attached to an aromatic ring is 1. The normalized spacial score (nSPS) is 18.9. The Hall–Kier alpha value is -1.44. The third-order valence-electron chi connectivity index (χ3n) is 3.04. The highest BCUT2D eigenvalue weighted by Crippen LogP contribution is 2.31. The van der Waals surface area contributed by atoms with Crippen molar-refractivity contribution in [2.45, 2.75) is 25.9 Å². The van der Waals surface area contributed by atoms with Crippen LogP contribution in [0.1, 0.15) is 17.7 Å². The van der Waals surface area contributed by atoms with Crippen LogP contribution in [0.15, 0.2) is 6.07 Å². The molecule has 0 amide bonds. The summed E-state index contributed by atoms with van der Waals surface area (Å²) in [7, 11) is 0. The lowest BCUT2D eigenvalue weighted by molar-refractivity contribution is 0.0669. The highest BCUT2D eigenvalue weighted by atomic mass is 32.1. The van der Waals surface area contributed by atoms with Gasteiger partial charge in [0.2, 0.25) is 11.8 Å². The summed E-state index contributed by atoms with van der Waals surface area (Å²) in [5, 5.41) is 0.930. The summed E-state index contributed by atoms with van der Waals surface area (Å²) >= 11 is 1.60. The third kappa shape index (κ3) is 2.63. The molecule has 0 radical (unpaired) electrons. The minimum absolute atomic E-state index is 0.166. The Balaban J connectivity index is 1.86. The zero-order chi connectivity index (χ0) is 13.2. The maximum absolute atomic E-state index is 5.79. The highest BCUT2D eigenvalue weighted by molar-refractivity contribution is 7.18. The van der Waals surface area contributed by atoms with Gasteiger partial charge >= 0.3 is 0 Å². The standard InChI is InChI=1S/C12H16N4O2S/c1-7-5-9-10(18-6-8-3-2-4-17-8)14-12(16-13)15-11(9)19-7/h5,8H,2-4,6,13H2,1H3,(H,14,15,16). The van der Waals surface area contributed by atoms with Crippen LogP contribution in [0.2, 0.25) is 0 Å². The predicted molar refractivity (Wildman–Crippen MR) is 74.4 cm³/mol. The van der Waals surface area contributed by atoms with E-state index in [1.807, 2.05) is 13.0 Å². The van der Waals surface area contributed by atoms with Crippen LogP contribution < -0.4 is 16.0 Å². The summed E-state index contributed by atoms with van der Waals surface area (Å²) in [5.74, 6) is 6.32. The van der Waals surface area contributed by atoms with E-state index in [1.54, 1.807) is 11.3 Å². The van der Waals surface area contributed by atoms with Crippen LogP contribution in [0, 0.1) is 6.92 Å². The van der Waals surface area contributed by atoms with Crippen LogP contribution in [0.3, 0.4) is 0 Å². The lowest BCUT2D eigenvalue weighted by Gasteiger charge is -2.11. The fraction of sp³-hybridized carbons (Fsp3) is 0.500. The van der Waals surface area contributed by atoms with Gasteiger partial charge in [-0.05, 0) is 25.8 Å². The van der Waals surface area contributed by atoms with Crippen molar-refractivity contribution in [2.75, 3.05) is 18.6 Å². The fourth-order valence-electron chi connectivity index (χ4n) is 2.14. The molecule has 1 atom stereocenters. The largest absolute Gasteiger partial charge is 0.474 e. The summed E-state index contributed by atoms with van der Waals surface area (Å²) in [6.07, 6.45) is 2.30. The van der Waals surface area contributed by atoms with Crippen molar-refractivity contribution >= 4 is 27.5 Å². The maximum Gasteiger partial charge on any atom is 0.241 e. The summed E-state index contributed by atoms with van der Waals surface area (Å²) < 4.78 is 11.3. The molecule has 0 aliphatic carbocycles. The molecule has 7 heteroatoms. The fourth-order valence-corrected chi connectivity index (χ4v) is 3.01. The first kappa shape index (κ1) is 12.6. The molecule has 2 aromatic rings. The second-order valence-corrected chi connectivity index (χ2v) is 5.75. The zero-order valence-electron chi connectivity index (χ0n) is 10.7. The van der Waals surface area contributed by atoms with Crippen LogP contribution >= 0.6 is 11.3 Å². The van der Waals surface area contributed by atoms with Gasteiger partial charge in [0, 0.05) is 11.5 Å². The van der Waals surface area contributed by atoms with Crippen LogP contribution in [0.4, 0.5) is 5.95 Å². The molecular weight excluding hydrogens is 264 g/mol. The Morgan fingerprint density at radius 1 is 1.58 bits per heavy atom. The molecule has 1 saturated heterocycles. The average Bonchev–Trinajstić information content (AvgIpc) is 3.03. The first-order valence-corrected chi connectivity index (χ1v) is 7.07. The minimum atomic E-state index is 0.166. The second-order valence-electron chi connectivity index (χ2n) is 4.52. The van der Waals surface area contributed by atoms with Gasteiger partial charge in [-0.25, -0.2) is 10.8 Å². The average molecular weight is 280 g/mol. The van der Waals surface area contributed by atoms with Crippen molar-refractivity contribution in [1.29, 1.82) is 0 Å². The number of fused-ring (bicyclic) bond motifs is 1. The van der Waals surface area contributed by atoms with Gasteiger partial charge in [-0.15, -0.1) is 11.3 Å². The molecule has 19 heavy (non-hydrogen) atoms. The predicted octanol–water partition coefficient (Wildman–Crippen LogP) is 1.84. The number of aryl methyl sites for hydroxylation is 1. The van der Waals surface area contributed by atoms with E-state index < -0.39 is 0 Å². The minimum Gasteiger partial charge on any atom is -0.474 e. The molecule has 0 aromatic carbocycles.